The van der Waals surface area contributed by atoms with Gasteiger partial charge in [0.05, 0.1) is 6.54 Å². The molecule has 1 aromatic rings. The summed E-state index contributed by atoms with van der Waals surface area (Å²) in [5.74, 6) is 2.06. The number of benzene rings is 1. The van der Waals surface area contributed by atoms with Gasteiger partial charge >= 0.3 is 6.03 Å². The van der Waals surface area contributed by atoms with Gasteiger partial charge in [-0.25, -0.2) is 4.79 Å². The van der Waals surface area contributed by atoms with Gasteiger partial charge in [0.2, 0.25) is 0 Å². The third-order valence-corrected chi connectivity index (χ3v) is 6.80. The Bertz CT molecular complexity index is 714. The van der Waals surface area contributed by atoms with Crippen LogP contribution in [0.15, 0.2) is 24.3 Å². The van der Waals surface area contributed by atoms with Gasteiger partial charge in [-0.05, 0) is 63.2 Å². The number of para-hydroxylation sites is 2. The van der Waals surface area contributed by atoms with Crippen LogP contribution in [0.4, 0.5) is 4.79 Å². The van der Waals surface area contributed by atoms with E-state index in [2.05, 4.69) is 10.2 Å². The van der Waals surface area contributed by atoms with E-state index in [0.29, 0.717) is 38.3 Å². The normalized spacial score (nSPS) is 25.5. The van der Waals surface area contributed by atoms with Gasteiger partial charge in [-0.3, -0.25) is 0 Å². The first-order valence-corrected chi connectivity index (χ1v) is 11.9. The summed E-state index contributed by atoms with van der Waals surface area (Å²) in [5, 5.41) is 3.10. The summed E-state index contributed by atoms with van der Waals surface area (Å²) in [5.41, 5.74) is 0. The molecular formula is C24H37N3O4. The summed E-state index contributed by atoms with van der Waals surface area (Å²) in [4.78, 5) is 17.8. The molecule has 7 nitrogen and oxygen atoms in total. The largest absolute Gasteiger partial charge is 0.486 e. The standard InChI is InChI=1S/C24H37N3O4/c1-29-15-7-14-27(17-19-8-6-13-26-12-5-4-9-21(19)26)24(28)25-16-20-18-30-22-10-2-3-11-23(22)31-20/h2-3,10-11,19-21H,4-9,12-18H2,1H3,(H,25,28)/t19-,20?,21+/m0/s1. The molecule has 3 aliphatic rings. The Morgan fingerprint density at radius 1 is 1.19 bits per heavy atom. The summed E-state index contributed by atoms with van der Waals surface area (Å²) in [6.07, 6.45) is 7.02. The van der Waals surface area contributed by atoms with Crippen LogP contribution in [0, 0.1) is 5.92 Å². The third kappa shape index (κ3) is 5.83. The van der Waals surface area contributed by atoms with E-state index in [-0.39, 0.29) is 12.1 Å². The molecule has 3 atom stereocenters. The first-order chi connectivity index (χ1) is 15.2. The number of nitrogens with one attached hydrogen (secondary N) is 1. The van der Waals surface area contributed by atoms with Gasteiger partial charge in [-0.15, -0.1) is 0 Å². The van der Waals surface area contributed by atoms with Gasteiger partial charge in [0.15, 0.2) is 17.6 Å². The van der Waals surface area contributed by atoms with Crippen molar-refractivity contribution in [1.82, 2.24) is 15.1 Å². The second-order valence-corrected chi connectivity index (χ2v) is 8.98. The van der Waals surface area contributed by atoms with Crippen molar-refractivity contribution in [1.29, 1.82) is 0 Å². The van der Waals surface area contributed by atoms with Crippen molar-refractivity contribution in [2.24, 2.45) is 5.92 Å². The number of carbonyl (C=O) groups is 1. The number of methoxy groups -OCH3 is 1. The van der Waals surface area contributed by atoms with Crippen molar-refractivity contribution in [2.75, 3.05) is 53.0 Å². The Kier molecular flexibility index (Phi) is 7.92. The maximum Gasteiger partial charge on any atom is 0.317 e. The van der Waals surface area contributed by atoms with Crippen LogP contribution in [0.3, 0.4) is 0 Å². The fourth-order valence-electron chi connectivity index (χ4n) is 5.23. The molecular weight excluding hydrogens is 394 g/mol. The molecule has 0 radical (unpaired) electrons. The monoisotopic (exact) mass is 431 g/mol. The molecule has 0 bridgehead atoms. The lowest BCUT2D eigenvalue weighted by atomic mass is 9.83. The Morgan fingerprint density at radius 2 is 2.03 bits per heavy atom. The van der Waals surface area contributed by atoms with E-state index in [0.717, 1.165) is 24.5 Å². The average molecular weight is 432 g/mol. The predicted molar refractivity (Wildman–Crippen MR) is 120 cm³/mol. The van der Waals surface area contributed by atoms with Gasteiger partial charge < -0.3 is 29.3 Å². The van der Waals surface area contributed by atoms with Crippen LogP contribution in [0.25, 0.3) is 0 Å². The van der Waals surface area contributed by atoms with Crippen LogP contribution in [-0.2, 0) is 4.74 Å². The molecule has 1 aromatic carbocycles. The fourth-order valence-corrected chi connectivity index (χ4v) is 5.23. The van der Waals surface area contributed by atoms with Crippen molar-refractivity contribution >= 4 is 6.03 Å². The number of hydrogen-bond acceptors (Lipinski definition) is 5. The average Bonchev–Trinajstić information content (AvgIpc) is 2.82. The number of nitrogens with zero attached hydrogens (tertiary/aromatic N) is 2. The highest BCUT2D eigenvalue weighted by Gasteiger charge is 2.34. The van der Waals surface area contributed by atoms with Gasteiger partial charge in [0.1, 0.15) is 6.61 Å². The number of piperidine rings is 2. The zero-order valence-electron chi connectivity index (χ0n) is 18.8. The Balaban J connectivity index is 1.32. The van der Waals surface area contributed by atoms with Crippen LogP contribution < -0.4 is 14.8 Å². The van der Waals surface area contributed by atoms with E-state index in [1.807, 2.05) is 29.2 Å². The molecule has 31 heavy (non-hydrogen) atoms. The lowest BCUT2D eigenvalue weighted by Crippen LogP contribution is -2.53. The third-order valence-electron chi connectivity index (χ3n) is 6.80. The van der Waals surface area contributed by atoms with E-state index in [9.17, 15) is 4.79 Å². The van der Waals surface area contributed by atoms with Gasteiger partial charge in [0.25, 0.3) is 0 Å². The number of urea groups is 1. The summed E-state index contributed by atoms with van der Waals surface area (Å²) >= 11 is 0. The maximum atomic E-state index is 13.1. The number of carbonyl (C=O) groups excluding carboxylic acids is 1. The summed E-state index contributed by atoms with van der Waals surface area (Å²) in [7, 11) is 1.71. The summed E-state index contributed by atoms with van der Waals surface area (Å²) < 4.78 is 17.0. The van der Waals surface area contributed by atoms with Gasteiger partial charge in [0, 0.05) is 32.8 Å². The summed E-state index contributed by atoms with van der Waals surface area (Å²) in [6, 6.07) is 8.29. The molecule has 2 saturated heterocycles. The van der Waals surface area contributed by atoms with E-state index < -0.39 is 0 Å². The van der Waals surface area contributed by atoms with E-state index in [1.54, 1.807) is 7.11 Å². The molecule has 0 aliphatic carbocycles. The van der Waals surface area contributed by atoms with Crippen LogP contribution >= 0.6 is 0 Å². The quantitative estimate of drug-likeness (QED) is 0.641. The SMILES string of the molecule is COCCCN(C[C@@H]1CCCN2CCCC[C@H]12)C(=O)NCC1COc2ccccc2O1. The molecule has 2 fully saturated rings. The molecule has 0 spiro atoms. The number of amides is 2. The van der Waals surface area contributed by atoms with Crippen molar-refractivity contribution in [3.05, 3.63) is 24.3 Å². The Labute approximate surface area is 186 Å². The zero-order valence-corrected chi connectivity index (χ0v) is 18.8. The number of rotatable bonds is 8. The maximum absolute atomic E-state index is 13.1. The van der Waals surface area contributed by atoms with Crippen LogP contribution in [0.2, 0.25) is 0 Å². The van der Waals surface area contributed by atoms with E-state index >= 15 is 0 Å². The minimum absolute atomic E-state index is 0.00788. The van der Waals surface area contributed by atoms with Crippen molar-refractivity contribution in [3.8, 4) is 11.5 Å². The van der Waals surface area contributed by atoms with E-state index in [1.165, 1.54) is 45.2 Å². The fraction of sp³-hybridized carbons (Fsp3) is 0.708. The Morgan fingerprint density at radius 3 is 2.90 bits per heavy atom. The molecule has 7 heteroatoms. The molecule has 2 amide bonds. The molecule has 3 aliphatic heterocycles. The van der Waals surface area contributed by atoms with Crippen LogP contribution in [0.1, 0.15) is 38.5 Å². The highest BCUT2D eigenvalue weighted by Crippen LogP contribution is 2.32. The zero-order chi connectivity index (χ0) is 21.5. The highest BCUT2D eigenvalue weighted by molar-refractivity contribution is 5.74. The molecule has 1 unspecified atom stereocenters. The van der Waals surface area contributed by atoms with Crippen LogP contribution in [0.5, 0.6) is 11.5 Å². The number of fused-ring (bicyclic) bond motifs is 2. The first kappa shape index (κ1) is 22.2. The van der Waals surface area contributed by atoms with Crippen molar-refractivity contribution in [2.45, 2.75) is 50.7 Å². The topological polar surface area (TPSA) is 63.3 Å². The molecule has 3 heterocycles. The second kappa shape index (κ2) is 11.0. The Hall–Kier alpha value is -1.99. The highest BCUT2D eigenvalue weighted by atomic mass is 16.6. The van der Waals surface area contributed by atoms with Crippen molar-refractivity contribution in [3.63, 3.8) is 0 Å². The lowest BCUT2D eigenvalue weighted by molar-refractivity contribution is 0.0438. The van der Waals surface area contributed by atoms with Gasteiger partial charge in [-0.1, -0.05) is 18.6 Å². The van der Waals surface area contributed by atoms with E-state index in [4.69, 9.17) is 14.2 Å². The summed E-state index contributed by atoms with van der Waals surface area (Å²) in [6.45, 7) is 5.53. The number of hydrogen-bond donors (Lipinski definition) is 1. The second-order valence-electron chi connectivity index (χ2n) is 8.98. The smallest absolute Gasteiger partial charge is 0.317 e. The molecule has 172 valence electrons. The van der Waals surface area contributed by atoms with Crippen LogP contribution in [-0.4, -0.2) is 81.0 Å². The first-order valence-electron chi connectivity index (χ1n) is 11.9. The molecule has 4 rings (SSSR count). The lowest BCUT2D eigenvalue weighted by Gasteiger charge is -2.45. The van der Waals surface area contributed by atoms with Crippen molar-refractivity contribution < 1.29 is 19.0 Å². The molecule has 0 saturated carbocycles. The molecule has 0 aromatic heterocycles. The van der Waals surface area contributed by atoms with Gasteiger partial charge in [-0.2, -0.15) is 0 Å². The minimum Gasteiger partial charge on any atom is -0.486 e. The number of ether oxygens (including phenoxy) is 3. The molecule has 1 N–H and O–H groups in total. The minimum atomic E-state index is -0.178. The predicted octanol–water partition coefficient (Wildman–Crippen LogP) is 3.14.